The molecule has 1 aliphatic heterocycles. The molecule has 0 bridgehead atoms. The van der Waals surface area contributed by atoms with Crippen molar-refractivity contribution < 1.29 is 19.4 Å². The highest BCUT2D eigenvalue weighted by Gasteiger charge is 2.40. The van der Waals surface area contributed by atoms with Gasteiger partial charge in [-0.2, -0.15) is 0 Å². The molecule has 0 amide bonds. The minimum Gasteiger partial charge on any atom is -0.481 e. The number of hydrogen-bond donors (Lipinski definition) is 1. The summed E-state index contributed by atoms with van der Waals surface area (Å²) in [4.78, 5) is 16.6. The predicted octanol–water partition coefficient (Wildman–Crippen LogP) is 0.770. The Morgan fingerprint density at radius 2 is 2.33 bits per heavy atom. The molecule has 2 heterocycles. The van der Waals surface area contributed by atoms with Crippen LogP contribution in [0.2, 0.25) is 0 Å². The summed E-state index contributed by atoms with van der Waals surface area (Å²) in [5.41, 5.74) is 0.604. The molecule has 0 spiro atoms. The number of rotatable bonds is 5. The van der Waals surface area contributed by atoms with E-state index in [1.54, 1.807) is 13.3 Å². The first-order chi connectivity index (χ1) is 8.52. The van der Waals surface area contributed by atoms with Gasteiger partial charge in [0.05, 0.1) is 7.11 Å². The van der Waals surface area contributed by atoms with Crippen molar-refractivity contribution in [1.29, 1.82) is 0 Å². The van der Waals surface area contributed by atoms with Gasteiger partial charge in [0.15, 0.2) is 0 Å². The zero-order chi connectivity index (χ0) is 13.2. The summed E-state index contributed by atoms with van der Waals surface area (Å²) >= 11 is 0. The summed E-state index contributed by atoms with van der Waals surface area (Å²) < 4.78 is 10.4. The molecule has 1 saturated heterocycles. The average molecular weight is 252 g/mol. The Morgan fingerprint density at radius 3 is 2.94 bits per heavy atom. The Hall–Kier alpha value is -1.82. The van der Waals surface area contributed by atoms with Crippen LogP contribution >= 0.6 is 0 Å². The van der Waals surface area contributed by atoms with Crippen molar-refractivity contribution in [2.24, 2.45) is 0 Å². The second-order valence-corrected chi connectivity index (χ2v) is 4.54. The molecule has 1 fully saturated rings. The minimum absolute atomic E-state index is 0.260. The van der Waals surface area contributed by atoms with Gasteiger partial charge >= 0.3 is 5.97 Å². The van der Waals surface area contributed by atoms with Crippen LogP contribution < -0.4 is 9.64 Å². The van der Waals surface area contributed by atoms with Gasteiger partial charge in [0.2, 0.25) is 5.88 Å². The third-order valence-electron chi connectivity index (χ3n) is 2.89. The Bertz CT molecular complexity index is 443. The smallest absolute Gasteiger partial charge is 0.329 e. The van der Waals surface area contributed by atoms with Crippen molar-refractivity contribution in [3.05, 3.63) is 18.3 Å². The van der Waals surface area contributed by atoms with E-state index in [4.69, 9.17) is 14.6 Å². The first kappa shape index (κ1) is 12.6. The van der Waals surface area contributed by atoms with Gasteiger partial charge in [-0.1, -0.05) is 0 Å². The Kier molecular flexibility index (Phi) is 3.38. The van der Waals surface area contributed by atoms with Gasteiger partial charge in [-0.25, -0.2) is 9.78 Å². The van der Waals surface area contributed by atoms with E-state index in [1.807, 2.05) is 19.1 Å². The van der Waals surface area contributed by atoms with Crippen molar-refractivity contribution in [1.82, 2.24) is 4.98 Å². The van der Waals surface area contributed by atoms with Crippen molar-refractivity contribution in [2.45, 2.75) is 12.5 Å². The van der Waals surface area contributed by atoms with E-state index >= 15 is 0 Å². The van der Waals surface area contributed by atoms with Gasteiger partial charge in [0, 0.05) is 31.0 Å². The molecule has 0 saturated carbocycles. The number of anilines is 1. The third kappa shape index (κ3) is 2.70. The van der Waals surface area contributed by atoms with Crippen molar-refractivity contribution >= 4 is 11.7 Å². The number of carboxylic acid groups (broad SMARTS) is 1. The molecule has 0 radical (unpaired) electrons. The Morgan fingerprint density at radius 1 is 1.61 bits per heavy atom. The van der Waals surface area contributed by atoms with Gasteiger partial charge < -0.3 is 19.5 Å². The van der Waals surface area contributed by atoms with Crippen molar-refractivity contribution in [3.63, 3.8) is 0 Å². The fraction of sp³-hybridized carbons (Fsp3) is 0.500. The van der Waals surface area contributed by atoms with Gasteiger partial charge in [-0.15, -0.1) is 0 Å². The first-order valence-electron chi connectivity index (χ1n) is 5.63. The first-order valence-corrected chi connectivity index (χ1v) is 5.63. The molecule has 0 aliphatic carbocycles. The topological polar surface area (TPSA) is 71.9 Å². The number of aromatic nitrogens is 1. The van der Waals surface area contributed by atoms with Crippen LogP contribution in [-0.2, 0) is 9.53 Å². The summed E-state index contributed by atoms with van der Waals surface area (Å²) in [6.07, 6.45) is 1.68. The molecule has 1 aliphatic rings. The molecule has 6 heteroatoms. The highest BCUT2D eigenvalue weighted by molar-refractivity contribution is 5.68. The standard InChI is InChI=1S/C12H16N2O4/c1-12(18-6-11(15)16)7-14(8-12)9-3-4-13-10(5-9)17-2/h3-5H,6-8H2,1-2H3,(H,15,16). The second-order valence-electron chi connectivity index (χ2n) is 4.54. The lowest BCUT2D eigenvalue weighted by Gasteiger charge is -2.48. The van der Waals surface area contributed by atoms with Gasteiger partial charge in [0.25, 0.3) is 0 Å². The minimum atomic E-state index is -0.944. The molecule has 1 aromatic heterocycles. The Labute approximate surface area is 105 Å². The number of aliphatic carboxylic acids is 1. The molecular formula is C12H16N2O4. The molecule has 1 aromatic rings. The lowest BCUT2D eigenvalue weighted by Crippen LogP contribution is -2.62. The van der Waals surface area contributed by atoms with Gasteiger partial charge in [-0.3, -0.25) is 0 Å². The maximum atomic E-state index is 10.5. The van der Waals surface area contributed by atoms with Crippen LogP contribution in [-0.4, -0.2) is 48.5 Å². The van der Waals surface area contributed by atoms with E-state index in [1.165, 1.54) is 0 Å². The normalized spacial score (nSPS) is 17.1. The van der Waals surface area contributed by atoms with Crippen molar-refractivity contribution in [3.8, 4) is 5.88 Å². The molecule has 0 atom stereocenters. The third-order valence-corrected chi connectivity index (χ3v) is 2.89. The Balaban J connectivity index is 1.93. The van der Waals surface area contributed by atoms with E-state index < -0.39 is 11.6 Å². The number of carboxylic acids is 1. The van der Waals surface area contributed by atoms with E-state index in [0.717, 1.165) is 5.69 Å². The summed E-state index contributed by atoms with van der Waals surface area (Å²) in [6, 6.07) is 3.73. The zero-order valence-corrected chi connectivity index (χ0v) is 10.4. The molecule has 1 N–H and O–H groups in total. The highest BCUT2D eigenvalue weighted by Crippen LogP contribution is 2.31. The van der Waals surface area contributed by atoms with Gasteiger partial charge in [-0.05, 0) is 13.0 Å². The van der Waals surface area contributed by atoms with E-state index in [0.29, 0.717) is 19.0 Å². The van der Waals surface area contributed by atoms with E-state index in [9.17, 15) is 4.79 Å². The number of methoxy groups -OCH3 is 1. The largest absolute Gasteiger partial charge is 0.481 e. The monoisotopic (exact) mass is 252 g/mol. The molecule has 18 heavy (non-hydrogen) atoms. The maximum absolute atomic E-state index is 10.5. The fourth-order valence-corrected chi connectivity index (χ4v) is 1.98. The zero-order valence-electron chi connectivity index (χ0n) is 10.4. The number of pyridine rings is 1. The van der Waals surface area contributed by atoms with Crippen LogP contribution in [0.15, 0.2) is 18.3 Å². The molecule has 0 unspecified atom stereocenters. The number of ether oxygens (including phenoxy) is 2. The number of nitrogens with zero attached hydrogens (tertiary/aromatic N) is 2. The van der Waals surface area contributed by atoms with E-state index in [2.05, 4.69) is 9.88 Å². The number of carbonyl (C=O) groups is 1. The SMILES string of the molecule is COc1cc(N2CC(C)(OCC(=O)O)C2)ccn1. The van der Waals surface area contributed by atoms with Crippen LogP contribution in [0.3, 0.4) is 0 Å². The van der Waals surface area contributed by atoms with Crippen LogP contribution in [0.5, 0.6) is 5.88 Å². The number of hydrogen-bond acceptors (Lipinski definition) is 5. The lowest BCUT2D eigenvalue weighted by atomic mass is 9.95. The molecule has 0 aromatic carbocycles. The lowest BCUT2D eigenvalue weighted by molar-refractivity contribution is -0.150. The molecular weight excluding hydrogens is 236 g/mol. The molecule has 6 nitrogen and oxygen atoms in total. The van der Waals surface area contributed by atoms with Crippen molar-refractivity contribution in [2.75, 3.05) is 31.7 Å². The summed E-state index contributed by atoms with van der Waals surface area (Å²) in [5.74, 6) is -0.382. The fourth-order valence-electron chi connectivity index (χ4n) is 1.98. The average Bonchev–Trinajstić information content (AvgIpc) is 2.33. The summed E-state index contributed by atoms with van der Waals surface area (Å²) in [7, 11) is 1.57. The highest BCUT2D eigenvalue weighted by atomic mass is 16.5. The predicted molar refractivity (Wildman–Crippen MR) is 65.0 cm³/mol. The van der Waals surface area contributed by atoms with Crippen LogP contribution in [0.4, 0.5) is 5.69 Å². The summed E-state index contributed by atoms with van der Waals surface area (Å²) in [5, 5.41) is 8.58. The molecule has 98 valence electrons. The van der Waals surface area contributed by atoms with Crippen LogP contribution in [0.25, 0.3) is 0 Å². The maximum Gasteiger partial charge on any atom is 0.329 e. The summed E-state index contributed by atoms with van der Waals surface area (Å²) in [6.45, 7) is 2.97. The van der Waals surface area contributed by atoms with Gasteiger partial charge in [0.1, 0.15) is 12.2 Å². The van der Waals surface area contributed by atoms with Crippen LogP contribution in [0, 0.1) is 0 Å². The van der Waals surface area contributed by atoms with E-state index in [-0.39, 0.29) is 6.61 Å². The van der Waals surface area contributed by atoms with Crippen LogP contribution in [0.1, 0.15) is 6.92 Å². The quantitative estimate of drug-likeness (QED) is 0.834. The second kappa shape index (κ2) is 4.81. The molecule has 2 rings (SSSR count).